The first-order valence-electron chi connectivity index (χ1n) is 5.42. The second-order valence-electron chi connectivity index (χ2n) is 3.62. The molecule has 0 amide bonds. The van der Waals surface area contributed by atoms with Gasteiger partial charge in [-0.05, 0) is 18.6 Å². The molecule has 0 aromatic carbocycles. The van der Waals surface area contributed by atoms with Gasteiger partial charge in [-0.1, -0.05) is 19.8 Å². The van der Waals surface area contributed by atoms with E-state index in [2.05, 4.69) is 4.98 Å². The Kier molecular flexibility index (Phi) is 4.76. The molecule has 0 saturated heterocycles. The second kappa shape index (κ2) is 6.10. The van der Waals surface area contributed by atoms with E-state index in [1.807, 2.05) is 6.92 Å². The van der Waals surface area contributed by atoms with Crippen LogP contribution in [0.2, 0.25) is 0 Å². The van der Waals surface area contributed by atoms with Gasteiger partial charge in [0.15, 0.2) is 0 Å². The Morgan fingerprint density at radius 3 is 2.94 bits per heavy atom. The summed E-state index contributed by atoms with van der Waals surface area (Å²) in [6.07, 6.45) is 4.04. The predicted molar refractivity (Wildman–Crippen MR) is 60.7 cm³/mol. The van der Waals surface area contributed by atoms with Crippen LogP contribution in [-0.4, -0.2) is 23.2 Å². The fourth-order valence-corrected chi connectivity index (χ4v) is 1.62. The molecule has 0 aliphatic rings. The topological polar surface area (TPSA) is 59.4 Å². The SMILES string of the molecule is CCCCC(C(=O)O)c1ncccc1OC. The Hall–Kier alpha value is -1.58. The summed E-state index contributed by atoms with van der Waals surface area (Å²) >= 11 is 0. The maximum absolute atomic E-state index is 11.2. The van der Waals surface area contributed by atoms with Gasteiger partial charge in [0.25, 0.3) is 0 Å². The monoisotopic (exact) mass is 223 g/mol. The van der Waals surface area contributed by atoms with E-state index in [0.29, 0.717) is 17.9 Å². The van der Waals surface area contributed by atoms with Gasteiger partial charge in [0.1, 0.15) is 11.7 Å². The van der Waals surface area contributed by atoms with Gasteiger partial charge >= 0.3 is 5.97 Å². The summed E-state index contributed by atoms with van der Waals surface area (Å²) in [4.78, 5) is 15.3. The zero-order valence-electron chi connectivity index (χ0n) is 9.64. The maximum Gasteiger partial charge on any atom is 0.312 e. The molecule has 0 aliphatic carbocycles. The van der Waals surface area contributed by atoms with E-state index in [0.717, 1.165) is 12.8 Å². The van der Waals surface area contributed by atoms with Crippen LogP contribution in [0.1, 0.15) is 37.8 Å². The molecule has 0 fully saturated rings. The molecule has 1 atom stereocenters. The third-order valence-corrected chi connectivity index (χ3v) is 2.49. The smallest absolute Gasteiger partial charge is 0.312 e. The van der Waals surface area contributed by atoms with Gasteiger partial charge in [0.05, 0.1) is 12.8 Å². The van der Waals surface area contributed by atoms with Gasteiger partial charge in [-0.3, -0.25) is 9.78 Å². The van der Waals surface area contributed by atoms with Crippen molar-refractivity contribution in [3.8, 4) is 5.75 Å². The highest BCUT2D eigenvalue weighted by molar-refractivity contribution is 5.76. The molecule has 0 bridgehead atoms. The Morgan fingerprint density at radius 1 is 1.62 bits per heavy atom. The largest absolute Gasteiger partial charge is 0.495 e. The molecule has 0 aliphatic heterocycles. The summed E-state index contributed by atoms with van der Waals surface area (Å²) in [5.74, 6) is -0.868. The number of hydrogen-bond acceptors (Lipinski definition) is 3. The number of ether oxygens (including phenoxy) is 1. The Balaban J connectivity index is 2.95. The van der Waals surface area contributed by atoms with E-state index >= 15 is 0 Å². The molecule has 1 unspecified atom stereocenters. The van der Waals surface area contributed by atoms with Crippen LogP contribution in [0.5, 0.6) is 5.75 Å². The van der Waals surface area contributed by atoms with Gasteiger partial charge in [-0.15, -0.1) is 0 Å². The van der Waals surface area contributed by atoms with Gasteiger partial charge in [0, 0.05) is 6.20 Å². The third-order valence-electron chi connectivity index (χ3n) is 2.49. The number of methoxy groups -OCH3 is 1. The van der Waals surface area contributed by atoms with E-state index < -0.39 is 11.9 Å². The minimum absolute atomic E-state index is 0.519. The van der Waals surface area contributed by atoms with Crippen LogP contribution < -0.4 is 4.74 Å². The maximum atomic E-state index is 11.2. The molecule has 1 heterocycles. The van der Waals surface area contributed by atoms with E-state index in [-0.39, 0.29) is 0 Å². The summed E-state index contributed by atoms with van der Waals surface area (Å²) in [6.45, 7) is 2.04. The van der Waals surface area contributed by atoms with Crippen molar-refractivity contribution in [1.82, 2.24) is 4.98 Å². The molecule has 0 saturated carbocycles. The summed E-state index contributed by atoms with van der Waals surface area (Å²) in [5.41, 5.74) is 0.519. The molecule has 1 aromatic heterocycles. The molecule has 0 spiro atoms. The Bertz CT molecular complexity index is 352. The number of unbranched alkanes of at least 4 members (excludes halogenated alkanes) is 1. The first-order chi connectivity index (χ1) is 7.70. The third kappa shape index (κ3) is 2.95. The highest BCUT2D eigenvalue weighted by Gasteiger charge is 2.23. The van der Waals surface area contributed by atoms with Crippen molar-refractivity contribution in [1.29, 1.82) is 0 Å². The fourth-order valence-electron chi connectivity index (χ4n) is 1.62. The number of pyridine rings is 1. The number of carboxylic acid groups (broad SMARTS) is 1. The molecule has 4 heteroatoms. The van der Waals surface area contributed by atoms with Crippen molar-refractivity contribution in [3.05, 3.63) is 24.0 Å². The number of nitrogens with zero attached hydrogens (tertiary/aromatic N) is 1. The Morgan fingerprint density at radius 2 is 2.38 bits per heavy atom. The van der Waals surface area contributed by atoms with Crippen molar-refractivity contribution in [2.24, 2.45) is 0 Å². The molecule has 88 valence electrons. The van der Waals surface area contributed by atoms with Crippen molar-refractivity contribution < 1.29 is 14.6 Å². The van der Waals surface area contributed by atoms with Gasteiger partial charge in [0.2, 0.25) is 0 Å². The van der Waals surface area contributed by atoms with Crippen LogP contribution in [0.4, 0.5) is 0 Å². The van der Waals surface area contributed by atoms with Gasteiger partial charge < -0.3 is 9.84 Å². The lowest BCUT2D eigenvalue weighted by molar-refractivity contribution is -0.139. The zero-order valence-corrected chi connectivity index (χ0v) is 9.64. The average Bonchev–Trinajstić information content (AvgIpc) is 2.29. The summed E-state index contributed by atoms with van der Waals surface area (Å²) < 4.78 is 5.13. The second-order valence-corrected chi connectivity index (χ2v) is 3.62. The number of carboxylic acids is 1. The van der Waals surface area contributed by atoms with E-state index in [1.54, 1.807) is 18.3 Å². The van der Waals surface area contributed by atoms with E-state index in [9.17, 15) is 9.90 Å². The lowest BCUT2D eigenvalue weighted by Gasteiger charge is -2.14. The van der Waals surface area contributed by atoms with Crippen molar-refractivity contribution in [2.75, 3.05) is 7.11 Å². The standard InChI is InChI=1S/C12H17NO3/c1-3-4-6-9(12(14)15)11-10(16-2)7-5-8-13-11/h5,7-9H,3-4,6H2,1-2H3,(H,14,15). The van der Waals surface area contributed by atoms with Crippen LogP contribution in [-0.2, 0) is 4.79 Å². The number of rotatable bonds is 6. The molecule has 4 nitrogen and oxygen atoms in total. The molecular weight excluding hydrogens is 206 g/mol. The summed E-state index contributed by atoms with van der Waals surface area (Å²) in [5, 5.41) is 9.18. The lowest BCUT2D eigenvalue weighted by atomic mass is 9.97. The van der Waals surface area contributed by atoms with Crippen molar-refractivity contribution >= 4 is 5.97 Å². The molecular formula is C12H17NO3. The van der Waals surface area contributed by atoms with Crippen LogP contribution in [0.25, 0.3) is 0 Å². The van der Waals surface area contributed by atoms with Crippen molar-refractivity contribution in [2.45, 2.75) is 32.1 Å². The van der Waals surface area contributed by atoms with E-state index in [1.165, 1.54) is 7.11 Å². The normalized spacial score (nSPS) is 12.1. The predicted octanol–water partition coefficient (Wildman–Crippen LogP) is 2.45. The fraction of sp³-hybridized carbons (Fsp3) is 0.500. The minimum Gasteiger partial charge on any atom is -0.495 e. The van der Waals surface area contributed by atoms with Gasteiger partial charge in [-0.2, -0.15) is 0 Å². The quantitative estimate of drug-likeness (QED) is 0.804. The van der Waals surface area contributed by atoms with Gasteiger partial charge in [-0.25, -0.2) is 0 Å². The average molecular weight is 223 g/mol. The minimum atomic E-state index is -0.842. The molecule has 1 rings (SSSR count). The van der Waals surface area contributed by atoms with Crippen LogP contribution in [0.3, 0.4) is 0 Å². The highest BCUT2D eigenvalue weighted by atomic mass is 16.5. The highest BCUT2D eigenvalue weighted by Crippen LogP contribution is 2.28. The zero-order chi connectivity index (χ0) is 12.0. The Labute approximate surface area is 95.3 Å². The first kappa shape index (κ1) is 12.5. The van der Waals surface area contributed by atoms with E-state index in [4.69, 9.17) is 4.74 Å². The van der Waals surface area contributed by atoms with Crippen LogP contribution in [0, 0.1) is 0 Å². The van der Waals surface area contributed by atoms with Crippen LogP contribution in [0.15, 0.2) is 18.3 Å². The number of aromatic nitrogens is 1. The number of hydrogen-bond donors (Lipinski definition) is 1. The van der Waals surface area contributed by atoms with Crippen LogP contribution >= 0.6 is 0 Å². The molecule has 1 N–H and O–H groups in total. The lowest BCUT2D eigenvalue weighted by Crippen LogP contribution is -2.14. The first-order valence-corrected chi connectivity index (χ1v) is 5.42. The number of carbonyl (C=O) groups is 1. The number of aliphatic carboxylic acids is 1. The van der Waals surface area contributed by atoms with Crippen molar-refractivity contribution in [3.63, 3.8) is 0 Å². The molecule has 0 radical (unpaired) electrons. The summed E-state index contributed by atoms with van der Waals surface area (Å²) in [7, 11) is 1.53. The summed E-state index contributed by atoms with van der Waals surface area (Å²) in [6, 6.07) is 3.48. The molecule has 16 heavy (non-hydrogen) atoms. The molecule has 1 aromatic rings.